The van der Waals surface area contributed by atoms with Crippen molar-refractivity contribution in [3.63, 3.8) is 0 Å². The van der Waals surface area contributed by atoms with Gasteiger partial charge in [0.2, 0.25) is 0 Å². The molecule has 1 N–H and O–H groups in total. The Morgan fingerprint density at radius 2 is 1.64 bits per heavy atom. The first-order valence-corrected chi connectivity index (χ1v) is 6.75. The summed E-state index contributed by atoms with van der Waals surface area (Å²) < 4.78 is 0. The van der Waals surface area contributed by atoms with E-state index in [-0.39, 0.29) is 23.7 Å². The summed E-state index contributed by atoms with van der Waals surface area (Å²) in [4.78, 5) is 27.4. The Bertz CT molecular complexity index is 701. The van der Waals surface area contributed by atoms with Crippen molar-refractivity contribution in [1.29, 1.82) is 0 Å². The molecule has 0 bridgehead atoms. The van der Waals surface area contributed by atoms with Gasteiger partial charge in [0.15, 0.2) is 11.6 Å². The van der Waals surface area contributed by atoms with E-state index >= 15 is 0 Å². The zero-order valence-corrected chi connectivity index (χ0v) is 11.8. The summed E-state index contributed by atoms with van der Waals surface area (Å²) in [5.74, 6) is -0.381. The topological polar surface area (TPSA) is 67.3 Å². The van der Waals surface area contributed by atoms with Crippen molar-refractivity contribution in [2.45, 2.75) is 6.42 Å². The molecule has 1 aromatic heterocycles. The van der Waals surface area contributed by atoms with Crippen LogP contribution in [-0.4, -0.2) is 21.7 Å². The fourth-order valence-electron chi connectivity index (χ4n) is 1.72. The molecular weight excluding hydrogens is 278 g/mol. The van der Waals surface area contributed by atoms with Gasteiger partial charge in [-0.15, -0.1) is 0 Å². The van der Waals surface area contributed by atoms with Gasteiger partial charge in [-0.1, -0.05) is 24.3 Å². The number of pyridine rings is 1. The number of phenolic OH excluding ortho intramolecular Hbond substituents is 1. The van der Waals surface area contributed by atoms with Crippen LogP contribution in [0.15, 0.2) is 60.8 Å². The van der Waals surface area contributed by atoms with Gasteiger partial charge in [-0.2, -0.15) is 0 Å². The van der Waals surface area contributed by atoms with Gasteiger partial charge in [0.05, 0.1) is 12.1 Å². The number of benzene rings is 1. The second kappa shape index (κ2) is 7.69. The highest BCUT2D eigenvalue weighted by Crippen LogP contribution is 2.11. The van der Waals surface area contributed by atoms with Crippen molar-refractivity contribution in [1.82, 2.24) is 4.98 Å². The van der Waals surface area contributed by atoms with Crippen LogP contribution in [0.5, 0.6) is 5.75 Å². The third-order valence-corrected chi connectivity index (χ3v) is 2.83. The van der Waals surface area contributed by atoms with Gasteiger partial charge in [-0.25, -0.2) is 0 Å². The molecule has 4 heteroatoms. The van der Waals surface area contributed by atoms with Gasteiger partial charge >= 0.3 is 0 Å². The summed E-state index contributed by atoms with van der Waals surface area (Å²) in [5, 5.41) is 9.16. The van der Waals surface area contributed by atoms with Crippen LogP contribution >= 0.6 is 0 Å². The molecule has 2 rings (SSSR count). The maximum atomic E-state index is 11.7. The molecule has 0 saturated heterocycles. The van der Waals surface area contributed by atoms with E-state index in [1.165, 1.54) is 24.3 Å². The molecule has 0 aliphatic rings. The van der Waals surface area contributed by atoms with Gasteiger partial charge in [-0.05, 0) is 48.1 Å². The maximum Gasteiger partial charge on any atom is 0.163 e. The monoisotopic (exact) mass is 293 g/mol. The third kappa shape index (κ3) is 5.17. The molecule has 110 valence electrons. The molecule has 0 unspecified atom stereocenters. The summed E-state index contributed by atoms with van der Waals surface area (Å²) >= 11 is 0. The van der Waals surface area contributed by atoms with E-state index in [1.54, 1.807) is 42.6 Å². The molecule has 0 saturated carbocycles. The van der Waals surface area contributed by atoms with E-state index in [4.69, 9.17) is 5.11 Å². The molecule has 1 aromatic carbocycles. The lowest BCUT2D eigenvalue weighted by molar-refractivity contribution is -0.121. The fourth-order valence-corrected chi connectivity index (χ4v) is 1.72. The molecule has 0 atom stereocenters. The van der Waals surface area contributed by atoms with Gasteiger partial charge in [-0.3, -0.25) is 14.6 Å². The van der Waals surface area contributed by atoms with Crippen LogP contribution in [-0.2, 0) is 9.59 Å². The Hall–Kier alpha value is -3.01. The Kier molecular flexibility index (Phi) is 5.37. The number of hydrogen-bond acceptors (Lipinski definition) is 4. The second-order valence-electron chi connectivity index (χ2n) is 4.62. The SMILES string of the molecule is O=C(C=Cc1ccc(O)cc1)CC(=O)C=Cc1ccccn1. The summed E-state index contributed by atoms with van der Waals surface area (Å²) in [6.07, 6.45) is 7.36. The average Bonchev–Trinajstić information content (AvgIpc) is 2.53. The quantitative estimate of drug-likeness (QED) is 0.656. The Labute approximate surface area is 128 Å². The lowest BCUT2D eigenvalue weighted by Crippen LogP contribution is -2.01. The van der Waals surface area contributed by atoms with E-state index in [9.17, 15) is 9.59 Å². The average molecular weight is 293 g/mol. The molecule has 0 fully saturated rings. The fraction of sp³-hybridized carbons (Fsp3) is 0.0556. The number of carbonyl (C=O) groups is 2. The van der Waals surface area contributed by atoms with Crippen LogP contribution < -0.4 is 0 Å². The van der Waals surface area contributed by atoms with E-state index in [0.29, 0.717) is 5.69 Å². The molecule has 2 aromatic rings. The first-order chi connectivity index (χ1) is 10.6. The smallest absolute Gasteiger partial charge is 0.163 e. The molecule has 0 amide bonds. The lowest BCUT2D eigenvalue weighted by atomic mass is 10.1. The van der Waals surface area contributed by atoms with Crippen LogP contribution in [0, 0.1) is 0 Å². The zero-order valence-electron chi connectivity index (χ0n) is 11.8. The van der Waals surface area contributed by atoms with E-state index in [2.05, 4.69) is 4.98 Å². The zero-order chi connectivity index (χ0) is 15.8. The van der Waals surface area contributed by atoms with Crippen molar-refractivity contribution in [3.05, 3.63) is 72.1 Å². The molecule has 0 aliphatic heterocycles. The predicted molar refractivity (Wildman–Crippen MR) is 85.0 cm³/mol. The van der Waals surface area contributed by atoms with Crippen molar-refractivity contribution in [3.8, 4) is 5.75 Å². The minimum Gasteiger partial charge on any atom is -0.508 e. The normalized spacial score (nSPS) is 11.1. The van der Waals surface area contributed by atoms with Crippen LogP contribution in [0.2, 0.25) is 0 Å². The molecule has 22 heavy (non-hydrogen) atoms. The number of aromatic nitrogens is 1. The molecule has 0 radical (unpaired) electrons. The number of hydrogen-bond donors (Lipinski definition) is 1. The molecule has 0 aliphatic carbocycles. The number of carbonyl (C=O) groups excluding carboxylic acids is 2. The highest BCUT2D eigenvalue weighted by atomic mass is 16.3. The number of allylic oxidation sites excluding steroid dienone is 2. The Morgan fingerprint density at radius 3 is 2.27 bits per heavy atom. The van der Waals surface area contributed by atoms with Crippen molar-refractivity contribution in [2.24, 2.45) is 0 Å². The summed E-state index contributed by atoms with van der Waals surface area (Å²) in [6.45, 7) is 0. The third-order valence-electron chi connectivity index (χ3n) is 2.83. The van der Waals surface area contributed by atoms with Crippen LogP contribution in [0.25, 0.3) is 12.2 Å². The predicted octanol–water partition coefficient (Wildman–Crippen LogP) is 3.04. The highest BCUT2D eigenvalue weighted by molar-refractivity contribution is 6.10. The minimum atomic E-state index is -0.274. The van der Waals surface area contributed by atoms with E-state index < -0.39 is 0 Å². The first-order valence-electron chi connectivity index (χ1n) is 6.75. The van der Waals surface area contributed by atoms with E-state index in [0.717, 1.165) is 5.56 Å². The van der Waals surface area contributed by atoms with Crippen molar-refractivity contribution < 1.29 is 14.7 Å². The maximum absolute atomic E-state index is 11.7. The van der Waals surface area contributed by atoms with Crippen LogP contribution in [0.1, 0.15) is 17.7 Å². The van der Waals surface area contributed by atoms with Crippen molar-refractivity contribution in [2.75, 3.05) is 0 Å². The Morgan fingerprint density at radius 1 is 0.955 bits per heavy atom. The standard InChI is InChI=1S/C18H15NO3/c20-16-8-4-14(5-9-16)6-10-17(21)13-18(22)11-7-15-3-1-2-12-19-15/h1-12,20H,13H2. The van der Waals surface area contributed by atoms with Crippen molar-refractivity contribution >= 4 is 23.7 Å². The van der Waals surface area contributed by atoms with Gasteiger partial charge in [0, 0.05) is 6.20 Å². The number of aromatic hydroxyl groups is 1. The highest BCUT2D eigenvalue weighted by Gasteiger charge is 2.03. The van der Waals surface area contributed by atoms with Crippen LogP contribution in [0.3, 0.4) is 0 Å². The molecular formula is C18H15NO3. The molecule has 1 heterocycles. The molecule has 0 spiro atoms. The molecule has 4 nitrogen and oxygen atoms in total. The second-order valence-corrected chi connectivity index (χ2v) is 4.62. The summed E-state index contributed by atoms with van der Waals surface area (Å²) in [6, 6.07) is 11.8. The van der Waals surface area contributed by atoms with Gasteiger partial charge in [0.25, 0.3) is 0 Å². The largest absolute Gasteiger partial charge is 0.508 e. The number of nitrogens with zero attached hydrogens (tertiary/aromatic N) is 1. The van der Waals surface area contributed by atoms with Gasteiger partial charge < -0.3 is 5.11 Å². The summed E-state index contributed by atoms with van der Waals surface area (Å²) in [7, 11) is 0. The number of rotatable bonds is 6. The Balaban J connectivity index is 1.87. The van der Waals surface area contributed by atoms with Gasteiger partial charge in [0.1, 0.15) is 5.75 Å². The van der Waals surface area contributed by atoms with Crippen LogP contribution in [0.4, 0.5) is 0 Å². The lowest BCUT2D eigenvalue weighted by Gasteiger charge is -1.94. The first kappa shape index (κ1) is 15.4. The summed E-state index contributed by atoms with van der Waals surface area (Å²) in [5.41, 5.74) is 1.45. The minimum absolute atomic E-state index is 0.165. The number of ketones is 2. The van der Waals surface area contributed by atoms with E-state index in [1.807, 2.05) is 6.07 Å². The number of phenols is 1.